The zero-order valence-electron chi connectivity index (χ0n) is 9.44. The van der Waals surface area contributed by atoms with E-state index < -0.39 is 5.63 Å². The molecule has 0 spiro atoms. The molecule has 0 aliphatic heterocycles. The molecule has 0 saturated carbocycles. The third-order valence-corrected chi connectivity index (χ3v) is 2.21. The molecule has 0 atom stereocenters. The summed E-state index contributed by atoms with van der Waals surface area (Å²) in [6.45, 7) is 3.05. The number of amides is 1. The largest absolute Gasteiger partial charge is 0.461 e. The minimum absolute atomic E-state index is 0.160. The van der Waals surface area contributed by atoms with Crippen LogP contribution in [0.2, 0.25) is 0 Å². The summed E-state index contributed by atoms with van der Waals surface area (Å²) in [5, 5.41) is 2.44. The van der Waals surface area contributed by atoms with Crippen LogP contribution in [0.25, 0.3) is 11.5 Å². The molecule has 2 heterocycles. The number of hydrogen-bond donors (Lipinski definition) is 1. The van der Waals surface area contributed by atoms with Crippen molar-refractivity contribution in [1.29, 1.82) is 0 Å². The van der Waals surface area contributed by atoms with Gasteiger partial charge in [-0.2, -0.15) is 0 Å². The van der Waals surface area contributed by atoms with Crippen molar-refractivity contribution < 1.29 is 13.6 Å². The molecule has 2 aromatic rings. The van der Waals surface area contributed by atoms with E-state index in [9.17, 15) is 9.59 Å². The zero-order chi connectivity index (χ0) is 12.4. The van der Waals surface area contributed by atoms with Gasteiger partial charge in [0.2, 0.25) is 5.91 Å². The van der Waals surface area contributed by atoms with Gasteiger partial charge < -0.3 is 14.2 Å². The van der Waals surface area contributed by atoms with Gasteiger partial charge in [0, 0.05) is 6.92 Å². The summed E-state index contributed by atoms with van der Waals surface area (Å²) in [6, 6.07) is 5.04. The first-order chi connectivity index (χ1) is 8.08. The van der Waals surface area contributed by atoms with Gasteiger partial charge in [0.05, 0.1) is 6.26 Å². The van der Waals surface area contributed by atoms with E-state index in [-0.39, 0.29) is 11.6 Å². The van der Waals surface area contributed by atoms with Gasteiger partial charge >= 0.3 is 5.63 Å². The number of anilines is 1. The normalized spacial score (nSPS) is 10.2. The standard InChI is InChI=1S/C12H11NO4/c1-7-6-10(9-4-3-5-16-9)17-12(15)11(7)13-8(2)14/h3-6H,1-2H3,(H,13,14). The monoisotopic (exact) mass is 233 g/mol. The van der Waals surface area contributed by atoms with Crippen molar-refractivity contribution in [3.05, 3.63) is 40.4 Å². The lowest BCUT2D eigenvalue weighted by atomic mass is 10.2. The Morgan fingerprint density at radius 2 is 2.12 bits per heavy atom. The molecule has 0 saturated heterocycles. The Labute approximate surface area is 97.1 Å². The van der Waals surface area contributed by atoms with Crippen LogP contribution in [0.4, 0.5) is 5.69 Å². The Balaban J connectivity index is 2.49. The minimum atomic E-state index is -0.591. The Hall–Kier alpha value is -2.30. The molecular weight excluding hydrogens is 222 g/mol. The highest BCUT2D eigenvalue weighted by Crippen LogP contribution is 2.22. The Kier molecular flexibility index (Phi) is 2.82. The fourth-order valence-electron chi connectivity index (χ4n) is 1.48. The molecule has 2 aromatic heterocycles. The van der Waals surface area contributed by atoms with Crippen LogP contribution in [0.5, 0.6) is 0 Å². The quantitative estimate of drug-likeness (QED) is 0.862. The summed E-state index contributed by atoms with van der Waals surface area (Å²) in [5.74, 6) is 0.498. The number of carbonyl (C=O) groups is 1. The Bertz CT molecular complexity index is 595. The average Bonchev–Trinajstić information content (AvgIpc) is 2.76. The number of hydrogen-bond acceptors (Lipinski definition) is 4. The van der Waals surface area contributed by atoms with Gasteiger partial charge in [0.1, 0.15) is 5.69 Å². The van der Waals surface area contributed by atoms with Gasteiger partial charge in [0.15, 0.2) is 11.5 Å². The highest BCUT2D eigenvalue weighted by Gasteiger charge is 2.12. The second kappa shape index (κ2) is 4.29. The second-order valence-electron chi connectivity index (χ2n) is 3.61. The predicted octanol–water partition coefficient (Wildman–Crippen LogP) is 2.17. The van der Waals surface area contributed by atoms with Gasteiger partial charge in [-0.1, -0.05) is 0 Å². The number of carbonyl (C=O) groups excluding carboxylic acids is 1. The molecule has 0 unspecified atom stereocenters. The molecule has 2 rings (SSSR count). The molecule has 0 bridgehead atoms. The minimum Gasteiger partial charge on any atom is -0.461 e. The van der Waals surface area contributed by atoms with Crippen molar-refractivity contribution >= 4 is 11.6 Å². The zero-order valence-corrected chi connectivity index (χ0v) is 9.44. The number of nitrogens with one attached hydrogen (secondary N) is 1. The summed E-state index contributed by atoms with van der Waals surface area (Å²) in [5.41, 5.74) is 0.197. The van der Waals surface area contributed by atoms with Crippen molar-refractivity contribution in [2.24, 2.45) is 0 Å². The summed E-state index contributed by atoms with van der Waals surface area (Å²) < 4.78 is 10.2. The van der Waals surface area contributed by atoms with Crippen molar-refractivity contribution in [3.8, 4) is 11.5 Å². The van der Waals surface area contributed by atoms with Crippen LogP contribution in [0.3, 0.4) is 0 Å². The SMILES string of the molecule is CC(=O)Nc1c(C)cc(-c2ccco2)oc1=O. The lowest BCUT2D eigenvalue weighted by Gasteiger charge is -2.05. The summed E-state index contributed by atoms with van der Waals surface area (Å²) >= 11 is 0. The van der Waals surface area contributed by atoms with Crippen LogP contribution < -0.4 is 10.9 Å². The molecule has 17 heavy (non-hydrogen) atoms. The first-order valence-electron chi connectivity index (χ1n) is 5.04. The molecule has 0 aliphatic rings. The maximum atomic E-state index is 11.7. The molecule has 5 nitrogen and oxygen atoms in total. The molecule has 0 aromatic carbocycles. The van der Waals surface area contributed by atoms with Crippen LogP contribution in [0, 0.1) is 6.92 Å². The highest BCUT2D eigenvalue weighted by atomic mass is 16.4. The molecule has 1 N–H and O–H groups in total. The molecule has 88 valence electrons. The third-order valence-electron chi connectivity index (χ3n) is 2.21. The van der Waals surface area contributed by atoms with Gasteiger partial charge in [-0.15, -0.1) is 0 Å². The van der Waals surface area contributed by atoms with Crippen LogP contribution in [0.15, 0.2) is 38.1 Å². The van der Waals surface area contributed by atoms with E-state index >= 15 is 0 Å². The topological polar surface area (TPSA) is 72.5 Å². The van der Waals surface area contributed by atoms with Crippen LogP contribution in [-0.4, -0.2) is 5.91 Å². The van der Waals surface area contributed by atoms with E-state index in [0.29, 0.717) is 17.1 Å². The maximum Gasteiger partial charge on any atom is 0.360 e. The van der Waals surface area contributed by atoms with E-state index in [1.807, 2.05) is 0 Å². The number of furan rings is 1. The van der Waals surface area contributed by atoms with Crippen molar-refractivity contribution in [2.75, 3.05) is 5.32 Å². The van der Waals surface area contributed by atoms with E-state index in [2.05, 4.69) is 5.32 Å². The molecule has 0 aliphatic carbocycles. The number of rotatable bonds is 2. The van der Waals surface area contributed by atoms with Crippen LogP contribution in [-0.2, 0) is 4.79 Å². The second-order valence-corrected chi connectivity index (χ2v) is 3.61. The molecular formula is C12H11NO4. The fourth-order valence-corrected chi connectivity index (χ4v) is 1.48. The molecule has 0 fully saturated rings. The first kappa shape index (κ1) is 11.2. The van der Waals surface area contributed by atoms with Crippen molar-refractivity contribution in [1.82, 2.24) is 0 Å². The van der Waals surface area contributed by atoms with Crippen LogP contribution >= 0.6 is 0 Å². The lowest BCUT2D eigenvalue weighted by molar-refractivity contribution is -0.114. The van der Waals surface area contributed by atoms with Gasteiger partial charge in [-0.05, 0) is 30.7 Å². The Morgan fingerprint density at radius 1 is 1.35 bits per heavy atom. The van der Waals surface area contributed by atoms with E-state index in [0.717, 1.165) is 0 Å². The van der Waals surface area contributed by atoms with Gasteiger partial charge in [-0.25, -0.2) is 4.79 Å². The van der Waals surface area contributed by atoms with Crippen LogP contribution in [0.1, 0.15) is 12.5 Å². The molecule has 1 amide bonds. The van der Waals surface area contributed by atoms with E-state index in [1.165, 1.54) is 13.2 Å². The Morgan fingerprint density at radius 3 is 2.65 bits per heavy atom. The summed E-state index contributed by atoms with van der Waals surface area (Å²) in [6.07, 6.45) is 1.49. The summed E-state index contributed by atoms with van der Waals surface area (Å²) in [4.78, 5) is 22.6. The average molecular weight is 233 g/mol. The van der Waals surface area contributed by atoms with Crippen molar-refractivity contribution in [2.45, 2.75) is 13.8 Å². The predicted molar refractivity (Wildman–Crippen MR) is 61.7 cm³/mol. The first-order valence-corrected chi connectivity index (χ1v) is 5.04. The third kappa shape index (κ3) is 2.28. The maximum absolute atomic E-state index is 11.7. The van der Waals surface area contributed by atoms with E-state index in [4.69, 9.17) is 8.83 Å². The lowest BCUT2D eigenvalue weighted by Crippen LogP contribution is -2.16. The molecule has 0 radical (unpaired) electrons. The van der Waals surface area contributed by atoms with Gasteiger partial charge in [0.25, 0.3) is 0 Å². The summed E-state index contributed by atoms with van der Waals surface area (Å²) in [7, 11) is 0. The van der Waals surface area contributed by atoms with Crippen molar-refractivity contribution in [3.63, 3.8) is 0 Å². The molecule has 5 heteroatoms. The smallest absolute Gasteiger partial charge is 0.360 e. The van der Waals surface area contributed by atoms with Gasteiger partial charge in [-0.3, -0.25) is 4.79 Å². The number of aryl methyl sites for hydroxylation is 1. The highest BCUT2D eigenvalue weighted by molar-refractivity contribution is 5.89. The fraction of sp³-hybridized carbons (Fsp3) is 0.167. The van der Waals surface area contributed by atoms with E-state index in [1.54, 1.807) is 25.1 Å².